The number of hydrogen-bond acceptors (Lipinski definition) is 4. The Labute approximate surface area is 119 Å². The number of carbonyl (C=O) groups is 1. The fourth-order valence-corrected chi connectivity index (χ4v) is 1.78. The number of carbonyl (C=O) groups excluding carboxylic acids is 1. The summed E-state index contributed by atoms with van der Waals surface area (Å²) in [6, 6.07) is 9.02. The van der Waals surface area contributed by atoms with Gasteiger partial charge in [-0.1, -0.05) is 18.2 Å². The number of para-hydroxylation sites is 1. The number of aromatic hydroxyl groups is 1. The van der Waals surface area contributed by atoms with Crippen molar-refractivity contribution >= 4 is 17.3 Å². The molecule has 0 aliphatic carbocycles. The van der Waals surface area contributed by atoms with Crippen molar-refractivity contribution < 1.29 is 19.2 Å². The molecule has 21 heavy (non-hydrogen) atoms. The molecule has 6 nitrogen and oxygen atoms in total. The van der Waals surface area contributed by atoms with Crippen LogP contribution in [-0.4, -0.2) is 15.9 Å². The quantitative estimate of drug-likeness (QED) is 0.514. The van der Waals surface area contributed by atoms with Gasteiger partial charge in [0.15, 0.2) is 5.69 Å². The van der Waals surface area contributed by atoms with Crippen molar-refractivity contribution in [2.75, 3.05) is 5.32 Å². The molecule has 0 saturated carbocycles. The van der Waals surface area contributed by atoms with Crippen LogP contribution >= 0.6 is 0 Å². The topological polar surface area (TPSA) is 92.5 Å². The number of benzene rings is 2. The zero-order valence-corrected chi connectivity index (χ0v) is 10.7. The molecule has 0 fully saturated rings. The zero-order valence-electron chi connectivity index (χ0n) is 10.7. The molecule has 2 N–H and O–H groups in total. The molecular weight excluding hydrogens is 279 g/mol. The summed E-state index contributed by atoms with van der Waals surface area (Å²) < 4.78 is 12.8. The lowest BCUT2D eigenvalue weighted by Gasteiger charge is -2.08. The highest BCUT2D eigenvalue weighted by molar-refractivity contribution is 5.96. The second-order valence-corrected chi connectivity index (χ2v) is 4.28. The minimum atomic E-state index is -0.701. The number of hydrogen-bond donors (Lipinski definition) is 2. The molecule has 7 heteroatoms. The van der Waals surface area contributed by atoms with Gasteiger partial charge < -0.3 is 10.4 Å². The van der Waals surface area contributed by atoms with Crippen LogP contribution in [0.15, 0.2) is 42.5 Å². The minimum Gasteiger partial charge on any atom is -0.505 e. The number of phenolic OH excluding ortho intramolecular Hbond substituents is 1. The lowest BCUT2D eigenvalue weighted by molar-refractivity contribution is -0.384. The van der Waals surface area contributed by atoms with Crippen LogP contribution in [0.25, 0.3) is 0 Å². The average Bonchev–Trinajstić information content (AvgIpc) is 2.43. The minimum absolute atomic E-state index is 0.0915. The van der Waals surface area contributed by atoms with E-state index in [1.165, 1.54) is 42.5 Å². The van der Waals surface area contributed by atoms with Crippen LogP contribution in [0, 0.1) is 15.9 Å². The van der Waals surface area contributed by atoms with Crippen LogP contribution < -0.4 is 5.32 Å². The Hall–Kier alpha value is -2.96. The molecule has 0 aromatic heterocycles. The average molecular weight is 290 g/mol. The highest BCUT2D eigenvalue weighted by atomic mass is 19.1. The molecule has 0 radical (unpaired) electrons. The van der Waals surface area contributed by atoms with Gasteiger partial charge in [-0.3, -0.25) is 14.9 Å². The third kappa shape index (κ3) is 3.53. The highest BCUT2D eigenvalue weighted by Crippen LogP contribution is 2.33. The molecule has 0 aliphatic heterocycles. The molecule has 0 saturated heterocycles. The van der Waals surface area contributed by atoms with Gasteiger partial charge in [0.1, 0.15) is 11.6 Å². The number of rotatable bonds is 4. The first-order valence-corrected chi connectivity index (χ1v) is 5.98. The predicted molar refractivity (Wildman–Crippen MR) is 73.5 cm³/mol. The third-order valence-electron chi connectivity index (χ3n) is 2.76. The van der Waals surface area contributed by atoms with Crippen molar-refractivity contribution in [3.05, 3.63) is 64.0 Å². The summed E-state index contributed by atoms with van der Waals surface area (Å²) >= 11 is 0. The summed E-state index contributed by atoms with van der Waals surface area (Å²) in [5.74, 6) is -1.36. The first kappa shape index (κ1) is 14.4. The van der Waals surface area contributed by atoms with Crippen molar-refractivity contribution in [2.45, 2.75) is 6.42 Å². The maximum absolute atomic E-state index is 12.8. The van der Waals surface area contributed by atoms with Crippen LogP contribution in [0.3, 0.4) is 0 Å². The first-order chi connectivity index (χ1) is 9.97. The van der Waals surface area contributed by atoms with Crippen molar-refractivity contribution in [1.82, 2.24) is 0 Å². The second-order valence-electron chi connectivity index (χ2n) is 4.28. The van der Waals surface area contributed by atoms with E-state index >= 15 is 0 Å². The van der Waals surface area contributed by atoms with Crippen LogP contribution in [0.5, 0.6) is 5.75 Å². The Morgan fingerprint density at radius 1 is 1.24 bits per heavy atom. The van der Waals surface area contributed by atoms with Crippen LogP contribution in [-0.2, 0) is 11.2 Å². The monoisotopic (exact) mass is 290 g/mol. The molecule has 2 aromatic rings. The van der Waals surface area contributed by atoms with E-state index < -0.39 is 28.1 Å². The number of nitro benzene ring substituents is 1. The summed E-state index contributed by atoms with van der Waals surface area (Å²) in [4.78, 5) is 22.0. The lowest BCUT2D eigenvalue weighted by Crippen LogP contribution is -2.15. The summed E-state index contributed by atoms with van der Waals surface area (Å²) in [5, 5.41) is 22.8. The van der Waals surface area contributed by atoms with Gasteiger partial charge in [-0.2, -0.15) is 0 Å². The van der Waals surface area contributed by atoms with Crippen LogP contribution in [0.1, 0.15) is 5.56 Å². The largest absolute Gasteiger partial charge is 0.505 e. The Balaban J connectivity index is 2.16. The molecule has 1 amide bonds. The molecule has 0 atom stereocenters. The standard InChI is InChI=1S/C14H11FN2O4/c15-10-6-4-9(5-7-10)8-13(19)16-14-11(17(20)21)2-1-3-12(14)18/h1-7,18H,8H2,(H,16,19). The number of nitrogens with zero attached hydrogens (tertiary/aromatic N) is 1. The smallest absolute Gasteiger partial charge is 0.296 e. The van der Waals surface area contributed by atoms with Crippen LogP contribution in [0.4, 0.5) is 15.8 Å². The summed E-state index contributed by atoms with van der Waals surface area (Å²) in [5.41, 5.74) is -0.107. The molecule has 108 valence electrons. The number of phenols is 1. The van der Waals surface area contributed by atoms with E-state index in [2.05, 4.69) is 5.32 Å². The number of amides is 1. The van der Waals surface area contributed by atoms with Gasteiger partial charge in [-0.05, 0) is 23.8 Å². The van der Waals surface area contributed by atoms with Gasteiger partial charge in [-0.25, -0.2) is 4.39 Å². The molecule has 0 bridgehead atoms. The molecular formula is C14H11FN2O4. The third-order valence-corrected chi connectivity index (χ3v) is 2.76. The molecule has 2 rings (SSSR count). The second kappa shape index (κ2) is 6.00. The zero-order chi connectivity index (χ0) is 15.4. The molecule has 2 aromatic carbocycles. The summed E-state index contributed by atoms with van der Waals surface area (Å²) in [6.45, 7) is 0. The number of anilines is 1. The maximum atomic E-state index is 12.8. The van der Waals surface area contributed by atoms with E-state index in [0.29, 0.717) is 5.56 Å². The fourth-order valence-electron chi connectivity index (χ4n) is 1.78. The fraction of sp³-hybridized carbons (Fsp3) is 0.0714. The van der Waals surface area contributed by atoms with Gasteiger partial charge in [0.2, 0.25) is 5.91 Å². The summed E-state index contributed by atoms with van der Waals surface area (Å²) in [7, 11) is 0. The predicted octanol–water partition coefficient (Wildman–Crippen LogP) is 2.62. The summed E-state index contributed by atoms with van der Waals surface area (Å²) in [6.07, 6.45) is -0.0915. The van der Waals surface area contributed by atoms with E-state index in [0.717, 1.165) is 0 Å². The molecule has 0 unspecified atom stereocenters. The highest BCUT2D eigenvalue weighted by Gasteiger charge is 2.19. The van der Waals surface area contributed by atoms with Crippen molar-refractivity contribution in [1.29, 1.82) is 0 Å². The Morgan fingerprint density at radius 2 is 1.90 bits per heavy atom. The van der Waals surface area contributed by atoms with E-state index in [1.54, 1.807) is 0 Å². The lowest BCUT2D eigenvalue weighted by atomic mass is 10.1. The first-order valence-electron chi connectivity index (χ1n) is 5.98. The van der Waals surface area contributed by atoms with Gasteiger partial charge in [0, 0.05) is 6.07 Å². The number of halogens is 1. The van der Waals surface area contributed by atoms with Crippen molar-refractivity contribution in [3.8, 4) is 5.75 Å². The van der Waals surface area contributed by atoms with Crippen molar-refractivity contribution in [2.24, 2.45) is 0 Å². The maximum Gasteiger partial charge on any atom is 0.296 e. The van der Waals surface area contributed by atoms with E-state index in [4.69, 9.17) is 0 Å². The molecule has 0 aliphatic rings. The SMILES string of the molecule is O=C(Cc1ccc(F)cc1)Nc1c(O)cccc1[N+](=O)[O-]. The molecule has 0 heterocycles. The van der Waals surface area contributed by atoms with Crippen molar-refractivity contribution in [3.63, 3.8) is 0 Å². The normalized spacial score (nSPS) is 10.1. The Kier molecular flexibility index (Phi) is 4.13. The Morgan fingerprint density at radius 3 is 2.52 bits per heavy atom. The van der Waals surface area contributed by atoms with Gasteiger partial charge in [0.25, 0.3) is 5.69 Å². The van der Waals surface area contributed by atoms with Gasteiger partial charge in [0.05, 0.1) is 11.3 Å². The van der Waals surface area contributed by atoms with Gasteiger partial charge in [-0.15, -0.1) is 0 Å². The number of nitrogens with one attached hydrogen (secondary N) is 1. The Bertz CT molecular complexity index is 686. The van der Waals surface area contributed by atoms with Crippen LogP contribution in [0.2, 0.25) is 0 Å². The van der Waals surface area contributed by atoms with Gasteiger partial charge >= 0.3 is 0 Å². The molecule has 0 spiro atoms. The van der Waals surface area contributed by atoms with E-state index in [9.17, 15) is 24.4 Å². The number of nitro groups is 1. The van der Waals surface area contributed by atoms with E-state index in [-0.39, 0.29) is 12.1 Å². The van der Waals surface area contributed by atoms with E-state index in [1.807, 2.05) is 0 Å².